The van der Waals surface area contributed by atoms with E-state index in [0.717, 1.165) is 36.2 Å². The number of fused-ring (bicyclic) bond motifs is 1. The second-order valence-corrected chi connectivity index (χ2v) is 6.26. The third kappa shape index (κ3) is 2.94. The lowest BCUT2D eigenvalue weighted by Crippen LogP contribution is -2.02. The molecule has 0 spiro atoms. The Morgan fingerprint density at radius 1 is 1.14 bits per heavy atom. The van der Waals surface area contributed by atoms with Crippen molar-refractivity contribution in [3.63, 3.8) is 0 Å². The van der Waals surface area contributed by atoms with Gasteiger partial charge in [0.1, 0.15) is 0 Å². The van der Waals surface area contributed by atoms with Crippen molar-refractivity contribution in [1.82, 2.24) is 0 Å². The molecule has 0 saturated heterocycles. The molecule has 2 aromatic rings. The Labute approximate surface area is 126 Å². The summed E-state index contributed by atoms with van der Waals surface area (Å²) < 4.78 is 15.0. The highest BCUT2D eigenvalue weighted by atomic mass is 19.1. The van der Waals surface area contributed by atoms with Gasteiger partial charge in [-0.3, -0.25) is 0 Å². The molecule has 0 bridgehead atoms. The van der Waals surface area contributed by atoms with Crippen LogP contribution in [0, 0.1) is 5.92 Å². The molecule has 0 aromatic heterocycles. The molecule has 110 valence electrons. The van der Waals surface area contributed by atoms with E-state index in [1.807, 2.05) is 30.3 Å². The highest BCUT2D eigenvalue weighted by Crippen LogP contribution is 2.36. The smallest absolute Gasteiger partial charge is 0.152 e. The van der Waals surface area contributed by atoms with Gasteiger partial charge >= 0.3 is 0 Å². The zero-order valence-electron chi connectivity index (χ0n) is 12.7. The van der Waals surface area contributed by atoms with Crippen molar-refractivity contribution < 1.29 is 4.39 Å². The predicted octanol–water partition coefficient (Wildman–Crippen LogP) is 4.91. The van der Waals surface area contributed by atoms with Gasteiger partial charge in [0.05, 0.1) is 0 Å². The zero-order chi connectivity index (χ0) is 14.8. The molecule has 2 heteroatoms. The van der Waals surface area contributed by atoms with Crippen LogP contribution in [0.4, 0.5) is 10.1 Å². The Hall–Kier alpha value is -1.83. The Kier molecular flexibility index (Phi) is 3.96. The molecule has 1 N–H and O–H groups in total. The van der Waals surface area contributed by atoms with Gasteiger partial charge in [-0.2, -0.15) is 0 Å². The lowest BCUT2D eigenvalue weighted by molar-refractivity contribution is 0.402. The summed E-state index contributed by atoms with van der Waals surface area (Å²) >= 11 is 0. The van der Waals surface area contributed by atoms with Crippen LogP contribution in [0.1, 0.15) is 42.3 Å². The van der Waals surface area contributed by atoms with Gasteiger partial charge in [0.15, 0.2) is 6.17 Å². The van der Waals surface area contributed by atoms with Crippen molar-refractivity contribution in [2.24, 2.45) is 5.92 Å². The first-order valence-electron chi connectivity index (χ1n) is 7.73. The average molecular weight is 283 g/mol. The SMILES string of the molecule is CC(C)Cc1cccc(C(F)c2cccc3c2NCC3)c1. The van der Waals surface area contributed by atoms with E-state index in [1.54, 1.807) is 0 Å². The van der Waals surface area contributed by atoms with Crippen molar-refractivity contribution in [2.45, 2.75) is 32.9 Å². The van der Waals surface area contributed by atoms with Crippen molar-refractivity contribution in [3.8, 4) is 0 Å². The number of hydrogen-bond donors (Lipinski definition) is 1. The maximum Gasteiger partial charge on any atom is 0.152 e. The molecule has 2 aromatic carbocycles. The number of nitrogens with one attached hydrogen (secondary N) is 1. The van der Waals surface area contributed by atoms with Gasteiger partial charge in [-0.05, 0) is 35.4 Å². The molecule has 3 rings (SSSR count). The molecule has 1 nitrogen and oxygen atoms in total. The van der Waals surface area contributed by atoms with E-state index in [2.05, 4.69) is 31.3 Å². The van der Waals surface area contributed by atoms with Crippen molar-refractivity contribution in [1.29, 1.82) is 0 Å². The fraction of sp³-hybridized carbons (Fsp3) is 0.368. The molecule has 1 unspecified atom stereocenters. The van der Waals surface area contributed by atoms with Gasteiger partial charge in [0, 0.05) is 17.8 Å². The normalized spacial score (nSPS) is 14.9. The van der Waals surface area contributed by atoms with Crippen molar-refractivity contribution in [3.05, 3.63) is 64.7 Å². The molecular formula is C19H22FN. The Morgan fingerprint density at radius 3 is 2.76 bits per heavy atom. The monoisotopic (exact) mass is 283 g/mol. The quantitative estimate of drug-likeness (QED) is 0.840. The lowest BCUT2D eigenvalue weighted by Gasteiger charge is -2.15. The van der Waals surface area contributed by atoms with E-state index < -0.39 is 6.17 Å². The van der Waals surface area contributed by atoms with Crippen molar-refractivity contribution in [2.75, 3.05) is 11.9 Å². The summed E-state index contributed by atoms with van der Waals surface area (Å²) in [5, 5.41) is 3.33. The maximum atomic E-state index is 15.0. The van der Waals surface area contributed by atoms with Gasteiger partial charge in [-0.25, -0.2) is 4.39 Å². The Balaban J connectivity index is 1.92. The number of benzene rings is 2. The van der Waals surface area contributed by atoms with Gasteiger partial charge < -0.3 is 5.32 Å². The highest BCUT2D eigenvalue weighted by Gasteiger charge is 2.21. The largest absolute Gasteiger partial charge is 0.384 e. The fourth-order valence-corrected chi connectivity index (χ4v) is 3.11. The predicted molar refractivity (Wildman–Crippen MR) is 86.6 cm³/mol. The molecule has 0 fully saturated rings. The number of halogens is 1. The number of hydrogen-bond acceptors (Lipinski definition) is 1. The highest BCUT2D eigenvalue weighted by molar-refractivity contribution is 5.63. The minimum Gasteiger partial charge on any atom is -0.384 e. The number of anilines is 1. The summed E-state index contributed by atoms with van der Waals surface area (Å²) in [6, 6.07) is 13.9. The molecule has 0 amide bonds. The van der Waals surface area contributed by atoms with Crippen LogP contribution < -0.4 is 5.32 Å². The molecule has 0 radical (unpaired) electrons. The van der Waals surface area contributed by atoms with Gasteiger partial charge in [0.2, 0.25) is 0 Å². The first-order valence-corrected chi connectivity index (χ1v) is 7.73. The van der Waals surface area contributed by atoms with Gasteiger partial charge in [-0.15, -0.1) is 0 Å². The molecule has 1 aliphatic rings. The Bertz CT molecular complexity index is 633. The summed E-state index contributed by atoms with van der Waals surface area (Å²) in [5.41, 5.74) is 4.97. The first-order chi connectivity index (χ1) is 10.1. The molecule has 1 aliphatic heterocycles. The van der Waals surface area contributed by atoms with Crippen molar-refractivity contribution >= 4 is 5.69 Å². The van der Waals surface area contributed by atoms with E-state index in [4.69, 9.17) is 0 Å². The summed E-state index contributed by atoms with van der Waals surface area (Å²) in [5.74, 6) is 0.584. The van der Waals surface area contributed by atoms with Crippen LogP contribution in [0.2, 0.25) is 0 Å². The molecule has 0 saturated carbocycles. The summed E-state index contributed by atoms with van der Waals surface area (Å²) in [6.07, 6.45) is 0.923. The van der Waals surface area contributed by atoms with Gasteiger partial charge in [-0.1, -0.05) is 56.3 Å². The maximum absolute atomic E-state index is 15.0. The van der Waals surface area contributed by atoms with E-state index in [0.29, 0.717) is 5.92 Å². The van der Waals surface area contributed by atoms with Gasteiger partial charge in [0.25, 0.3) is 0 Å². The third-order valence-corrected chi connectivity index (χ3v) is 4.04. The third-order valence-electron chi connectivity index (χ3n) is 4.04. The van der Waals surface area contributed by atoms with Crippen LogP contribution in [0.5, 0.6) is 0 Å². The van der Waals surface area contributed by atoms with E-state index in [9.17, 15) is 0 Å². The fourth-order valence-electron chi connectivity index (χ4n) is 3.11. The minimum atomic E-state index is -1.06. The van der Waals surface area contributed by atoms with Crippen LogP contribution >= 0.6 is 0 Å². The first kappa shape index (κ1) is 14.1. The topological polar surface area (TPSA) is 12.0 Å². The van der Waals surface area contributed by atoms with E-state index in [-0.39, 0.29) is 0 Å². The van der Waals surface area contributed by atoms with Crippen LogP contribution in [0.3, 0.4) is 0 Å². The number of rotatable bonds is 4. The molecule has 1 atom stereocenters. The minimum absolute atomic E-state index is 0.584. The zero-order valence-corrected chi connectivity index (χ0v) is 12.7. The lowest BCUT2D eigenvalue weighted by atomic mass is 9.95. The van der Waals surface area contributed by atoms with Crippen LogP contribution in [0.15, 0.2) is 42.5 Å². The number of alkyl halides is 1. The summed E-state index contributed by atoms with van der Waals surface area (Å²) in [6.45, 7) is 5.29. The second-order valence-electron chi connectivity index (χ2n) is 6.26. The molecule has 21 heavy (non-hydrogen) atoms. The number of para-hydroxylation sites is 1. The van der Waals surface area contributed by atoms with Crippen LogP contribution in [-0.4, -0.2) is 6.54 Å². The second kappa shape index (κ2) is 5.88. The van der Waals surface area contributed by atoms with E-state index in [1.165, 1.54) is 11.1 Å². The molecule has 0 aliphatic carbocycles. The Morgan fingerprint density at radius 2 is 1.95 bits per heavy atom. The molecular weight excluding hydrogens is 261 g/mol. The standard InChI is InChI=1S/C19H22FN/c1-13(2)11-14-5-3-7-16(12-14)18(20)17-8-4-6-15-9-10-21-19(15)17/h3-8,12-13,18,21H,9-11H2,1-2H3. The van der Waals surface area contributed by atoms with Crippen LogP contribution in [-0.2, 0) is 12.8 Å². The van der Waals surface area contributed by atoms with Crippen LogP contribution in [0.25, 0.3) is 0 Å². The molecule has 1 heterocycles. The summed E-state index contributed by atoms with van der Waals surface area (Å²) in [4.78, 5) is 0. The summed E-state index contributed by atoms with van der Waals surface area (Å²) in [7, 11) is 0. The van der Waals surface area contributed by atoms with E-state index >= 15 is 4.39 Å². The average Bonchev–Trinajstić information content (AvgIpc) is 2.94.